The number of rotatable bonds is 9. The van der Waals surface area contributed by atoms with Gasteiger partial charge >= 0.3 is 0 Å². The summed E-state index contributed by atoms with van der Waals surface area (Å²) in [6.07, 6.45) is 0. The van der Waals surface area contributed by atoms with Crippen LogP contribution in [0.15, 0.2) is 91.0 Å². The summed E-state index contributed by atoms with van der Waals surface area (Å²) in [6.45, 7) is 5.20. The molecular weight excluding hydrogens is 346 g/mol. The van der Waals surface area contributed by atoms with Gasteiger partial charge in [0.05, 0.1) is 25.3 Å². The molecule has 0 saturated heterocycles. The van der Waals surface area contributed by atoms with Gasteiger partial charge in [-0.05, 0) is 22.6 Å². The Morgan fingerprint density at radius 2 is 1.25 bits per heavy atom. The summed E-state index contributed by atoms with van der Waals surface area (Å²) in [7, 11) is 0. The molecule has 0 spiro atoms. The lowest BCUT2D eigenvalue weighted by atomic mass is 9.93. The molecule has 3 aromatic rings. The Balaban J connectivity index is 1.80. The van der Waals surface area contributed by atoms with Gasteiger partial charge in [-0.15, -0.1) is 0 Å². The highest BCUT2D eigenvalue weighted by molar-refractivity contribution is 5.23. The van der Waals surface area contributed by atoms with Gasteiger partial charge in [0.2, 0.25) is 0 Å². The van der Waals surface area contributed by atoms with E-state index in [0.717, 1.165) is 16.7 Å². The van der Waals surface area contributed by atoms with E-state index in [1.807, 2.05) is 66.7 Å². The van der Waals surface area contributed by atoms with Crippen LogP contribution in [0.4, 0.5) is 0 Å². The molecule has 3 nitrogen and oxygen atoms in total. The van der Waals surface area contributed by atoms with Crippen LogP contribution in [0.3, 0.4) is 0 Å². The molecule has 0 aliphatic rings. The zero-order chi connectivity index (χ0) is 19.8. The summed E-state index contributed by atoms with van der Waals surface area (Å²) in [5, 5.41) is 12.8. The summed E-state index contributed by atoms with van der Waals surface area (Å²) >= 11 is 0. The predicted molar refractivity (Wildman–Crippen MR) is 113 cm³/mol. The van der Waals surface area contributed by atoms with Crippen molar-refractivity contribution in [2.24, 2.45) is 5.92 Å². The Kier molecular flexibility index (Phi) is 7.38. The van der Waals surface area contributed by atoms with Crippen molar-refractivity contribution >= 4 is 0 Å². The second kappa shape index (κ2) is 10.2. The van der Waals surface area contributed by atoms with Crippen LogP contribution >= 0.6 is 0 Å². The standard InChI is InChI=1S/C25H29NO2/c1-20(2)25(23-16-10-5-11-17-23)26(27)24(22-14-8-4-9-15-22)19-28-18-21-12-6-3-7-13-21/h3-17,20,24-25,27H,18-19H2,1-2H3/t24-,25-/m0/s1. The highest BCUT2D eigenvalue weighted by atomic mass is 16.5. The number of hydroxylamine groups is 2. The van der Waals surface area contributed by atoms with Crippen molar-refractivity contribution in [2.45, 2.75) is 32.5 Å². The zero-order valence-electron chi connectivity index (χ0n) is 16.6. The number of benzene rings is 3. The van der Waals surface area contributed by atoms with E-state index in [2.05, 4.69) is 38.1 Å². The third kappa shape index (κ3) is 5.29. The SMILES string of the molecule is CC(C)[C@@H](c1ccccc1)N(O)[C@@H](COCc1ccccc1)c1ccccc1. The molecule has 0 bridgehead atoms. The summed E-state index contributed by atoms with van der Waals surface area (Å²) in [5.74, 6) is 0.243. The molecule has 3 rings (SSSR count). The van der Waals surface area contributed by atoms with Gasteiger partial charge in [-0.2, -0.15) is 5.06 Å². The lowest BCUT2D eigenvalue weighted by Crippen LogP contribution is -2.35. The Morgan fingerprint density at radius 1 is 0.750 bits per heavy atom. The fourth-order valence-corrected chi connectivity index (χ4v) is 3.55. The number of ether oxygens (including phenoxy) is 1. The molecule has 28 heavy (non-hydrogen) atoms. The lowest BCUT2D eigenvalue weighted by Gasteiger charge is -2.36. The number of hydrogen-bond donors (Lipinski definition) is 1. The minimum absolute atomic E-state index is 0.119. The Hall–Kier alpha value is -2.46. The molecule has 1 N–H and O–H groups in total. The largest absolute Gasteiger partial charge is 0.375 e. The molecule has 0 heterocycles. The van der Waals surface area contributed by atoms with Gasteiger partial charge in [-0.25, -0.2) is 0 Å². The van der Waals surface area contributed by atoms with Crippen LogP contribution in [0, 0.1) is 5.92 Å². The Labute approximate surface area is 168 Å². The molecule has 0 saturated carbocycles. The second-order valence-corrected chi connectivity index (χ2v) is 7.41. The van der Waals surface area contributed by atoms with Crippen molar-refractivity contribution in [3.8, 4) is 0 Å². The van der Waals surface area contributed by atoms with E-state index in [4.69, 9.17) is 4.74 Å². The van der Waals surface area contributed by atoms with Crippen LogP contribution in [0.5, 0.6) is 0 Å². The van der Waals surface area contributed by atoms with Gasteiger partial charge in [-0.1, -0.05) is 105 Å². The van der Waals surface area contributed by atoms with Crippen molar-refractivity contribution in [1.82, 2.24) is 5.06 Å². The first-order valence-electron chi connectivity index (χ1n) is 9.85. The highest BCUT2D eigenvalue weighted by Gasteiger charge is 2.30. The minimum Gasteiger partial charge on any atom is -0.375 e. The van der Waals surface area contributed by atoms with E-state index >= 15 is 0 Å². The number of hydrogen-bond acceptors (Lipinski definition) is 3. The molecule has 0 aliphatic heterocycles. The monoisotopic (exact) mass is 375 g/mol. The molecule has 0 radical (unpaired) electrons. The van der Waals surface area contributed by atoms with Gasteiger partial charge in [0.25, 0.3) is 0 Å². The molecule has 0 unspecified atom stereocenters. The van der Waals surface area contributed by atoms with E-state index in [9.17, 15) is 5.21 Å². The summed E-state index contributed by atoms with van der Waals surface area (Å²) in [6, 6.07) is 30.0. The fourth-order valence-electron chi connectivity index (χ4n) is 3.55. The van der Waals surface area contributed by atoms with Crippen LogP contribution in [-0.2, 0) is 11.3 Å². The molecule has 0 fully saturated rings. The number of nitrogens with zero attached hydrogens (tertiary/aromatic N) is 1. The van der Waals surface area contributed by atoms with E-state index in [0.29, 0.717) is 13.2 Å². The third-order valence-electron chi connectivity index (χ3n) is 4.95. The predicted octanol–water partition coefficient (Wildman–Crippen LogP) is 6.03. The first-order valence-corrected chi connectivity index (χ1v) is 9.85. The molecule has 3 aromatic carbocycles. The first-order chi connectivity index (χ1) is 13.7. The lowest BCUT2D eigenvalue weighted by molar-refractivity contribution is -0.189. The van der Waals surface area contributed by atoms with Crippen LogP contribution in [0.1, 0.15) is 42.6 Å². The van der Waals surface area contributed by atoms with Crippen molar-refractivity contribution in [1.29, 1.82) is 0 Å². The van der Waals surface area contributed by atoms with E-state index in [1.165, 1.54) is 5.06 Å². The Bertz CT molecular complexity index is 806. The van der Waals surface area contributed by atoms with Gasteiger partial charge in [0.1, 0.15) is 0 Å². The topological polar surface area (TPSA) is 32.7 Å². The van der Waals surface area contributed by atoms with Gasteiger partial charge in [0, 0.05) is 0 Å². The average Bonchev–Trinajstić information content (AvgIpc) is 2.73. The first kappa shape index (κ1) is 20.3. The third-order valence-corrected chi connectivity index (χ3v) is 4.95. The normalized spacial score (nSPS) is 13.6. The fraction of sp³-hybridized carbons (Fsp3) is 0.280. The van der Waals surface area contributed by atoms with Crippen molar-refractivity contribution in [2.75, 3.05) is 6.61 Å². The minimum atomic E-state index is -0.252. The van der Waals surface area contributed by atoms with Crippen LogP contribution in [-0.4, -0.2) is 16.9 Å². The zero-order valence-corrected chi connectivity index (χ0v) is 16.6. The maximum atomic E-state index is 11.3. The maximum absolute atomic E-state index is 11.3. The van der Waals surface area contributed by atoms with Crippen LogP contribution in [0.2, 0.25) is 0 Å². The van der Waals surface area contributed by atoms with Crippen LogP contribution in [0.25, 0.3) is 0 Å². The van der Waals surface area contributed by atoms with Crippen LogP contribution < -0.4 is 0 Å². The second-order valence-electron chi connectivity index (χ2n) is 7.41. The van der Waals surface area contributed by atoms with E-state index < -0.39 is 0 Å². The molecular formula is C25H29NO2. The molecule has 0 amide bonds. The summed E-state index contributed by atoms with van der Waals surface area (Å²) in [5.41, 5.74) is 3.27. The molecule has 0 aromatic heterocycles. The maximum Gasteiger partial charge on any atom is 0.0840 e. The molecule has 3 heteroatoms. The van der Waals surface area contributed by atoms with E-state index in [-0.39, 0.29) is 18.0 Å². The molecule has 146 valence electrons. The quantitative estimate of drug-likeness (QED) is 0.463. The summed E-state index contributed by atoms with van der Waals surface area (Å²) in [4.78, 5) is 0. The molecule has 0 aliphatic carbocycles. The van der Waals surface area contributed by atoms with Gasteiger partial charge in [-0.3, -0.25) is 0 Å². The highest BCUT2D eigenvalue weighted by Crippen LogP contribution is 2.34. The van der Waals surface area contributed by atoms with Crippen molar-refractivity contribution in [3.63, 3.8) is 0 Å². The van der Waals surface area contributed by atoms with E-state index in [1.54, 1.807) is 0 Å². The smallest absolute Gasteiger partial charge is 0.0840 e. The Morgan fingerprint density at radius 3 is 1.79 bits per heavy atom. The van der Waals surface area contributed by atoms with Crippen molar-refractivity contribution < 1.29 is 9.94 Å². The summed E-state index contributed by atoms with van der Waals surface area (Å²) < 4.78 is 6.02. The van der Waals surface area contributed by atoms with Crippen molar-refractivity contribution in [3.05, 3.63) is 108 Å². The average molecular weight is 376 g/mol. The molecule has 2 atom stereocenters. The van der Waals surface area contributed by atoms with Gasteiger partial charge < -0.3 is 9.94 Å². The van der Waals surface area contributed by atoms with Gasteiger partial charge in [0.15, 0.2) is 0 Å².